The molecule has 0 bridgehead atoms. The molecule has 0 aliphatic carbocycles. The van der Waals surface area contributed by atoms with Gasteiger partial charge in [0.25, 0.3) is 5.91 Å². The van der Waals surface area contributed by atoms with Crippen LogP contribution in [0.15, 0.2) is 38.6 Å². The van der Waals surface area contributed by atoms with E-state index < -0.39 is 6.03 Å². The summed E-state index contributed by atoms with van der Waals surface area (Å²) < 4.78 is 1.71. The maximum atomic E-state index is 12.0. The number of hydrogen-bond donors (Lipinski definition) is 3. The van der Waals surface area contributed by atoms with Crippen LogP contribution in [0, 0.1) is 0 Å². The molecule has 8 heteroatoms. The van der Waals surface area contributed by atoms with Crippen molar-refractivity contribution >= 4 is 66.5 Å². The lowest BCUT2D eigenvalue weighted by Crippen LogP contribution is -2.19. The van der Waals surface area contributed by atoms with E-state index in [1.807, 2.05) is 0 Å². The van der Waals surface area contributed by atoms with Gasteiger partial charge < -0.3 is 16.4 Å². The Labute approximate surface area is 135 Å². The molecule has 0 radical (unpaired) electrons. The minimum atomic E-state index is -0.630. The average Bonchev–Trinajstić information content (AvgIpc) is 2.71. The molecule has 2 rings (SSSR count). The van der Waals surface area contributed by atoms with Crippen LogP contribution in [0.5, 0.6) is 0 Å². The van der Waals surface area contributed by atoms with Gasteiger partial charge >= 0.3 is 6.03 Å². The van der Waals surface area contributed by atoms with E-state index in [-0.39, 0.29) is 5.91 Å². The second-order valence-corrected chi connectivity index (χ2v) is 6.98. The SMILES string of the molecule is NC(=O)Nc1ccc(NC(=O)c2cc(Br)c(Br)s2)cc1. The average molecular weight is 419 g/mol. The summed E-state index contributed by atoms with van der Waals surface area (Å²) in [6.45, 7) is 0. The van der Waals surface area contributed by atoms with Crippen LogP contribution in [0.2, 0.25) is 0 Å². The molecule has 0 saturated heterocycles. The third kappa shape index (κ3) is 3.81. The van der Waals surface area contributed by atoms with Crippen molar-refractivity contribution in [1.82, 2.24) is 0 Å². The highest BCUT2D eigenvalue weighted by Gasteiger charge is 2.12. The van der Waals surface area contributed by atoms with E-state index >= 15 is 0 Å². The van der Waals surface area contributed by atoms with Gasteiger partial charge in [0.05, 0.1) is 8.66 Å². The molecule has 1 aromatic heterocycles. The Morgan fingerprint density at radius 3 is 2.05 bits per heavy atom. The van der Waals surface area contributed by atoms with Crippen LogP contribution >= 0.6 is 43.2 Å². The second-order valence-electron chi connectivity index (χ2n) is 3.75. The van der Waals surface area contributed by atoms with Crippen LogP contribution in [0.3, 0.4) is 0 Å². The Kier molecular flexibility index (Phi) is 4.79. The van der Waals surface area contributed by atoms with Crippen LogP contribution in [0.4, 0.5) is 16.2 Å². The van der Waals surface area contributed by atoms with Gasteiger partial charge in [-0.2, -0.15) is 0 Å². The number of rotatable bonds is 3. The highest BCUT2D eigenvalue weighted by atomic mass is 79.9. The van der Waals surface area contributed by atoms with Gasteiger partial charge in [-0.15, -0.1) is 11.3 Å². The van der Waals surface area contributed by atoms with Crippen LogP contribution in [-0.4, -0.2) is 11.9 Å². The predicted octanol–water partition coefficient (Wildman–Crippen LogP) is 4.02. The van der Waals surface area contributed by atoms with Crippen LogP contribution in [0.1, 0.15) is 9.67 Å². The molecule has 1 heterocycles. The fourth-order valence-corrected chi connectivity index (χ4v) is 3.36. The first-order chi connectivity index (χ1) is 9.45. The zero-order valence-corrected chi connectivity index (χ0v) is 13.9. The molecular weight excluding hydrogens is 410 g/mol. The number of urea groups is 1. The lowest BCUT2D eigenvalue weighted by atomic mass is 10.2. The zero-order chi connectivity index (χ0) is 14.7. The maximum Gasteiger partial charge on any atom is 0.316 e. The number of primary amides is 1. The monoisotopic (exact) mass is 417 g/mol. The number of carbonyl (C=O) groups excluding carboxylic acids is 2. The normalized spacial score (nSPS) is 10.1. The van der Waals surface area contributed by atoms with Gasteiger partial charge in [0, 0.05) is 15.8 Å². The Hall–Kier alpha value is -1.38. The summed E-state index contributed by atoms with van der Waals surface area (Å²) in [6.07, 6.45) is 0. The van der Waals surface area contributed by atoms with Gasteiger partial charge in [-0.3, -0.25) is 4.79 Å². The molecule has 0 fully saturated rings. The summed E-state index contributed by atoms with van der Waals surface area (Å²) in [6, 6.07) is 7.78. The molecule has 3 amide bonds. The molecule has 0 aliphatic rings. The lowest BCUT2D eigenvalue weighted by Gasteiger charge is -2.05. The number of carbonyl (C=O) groups is 2. The molecule has 5 nitrogen and oxygen atoms in total. The number of nitrogens with one attached hydrogen (secondary N) is 2. The van der Waals surface area contributed by atoms with Crippen molar-refractivity contribution in [3.8, 4) is 0 Å². The number of halogens is 2. The molecule has 2 aromatic rings. The molecule has 0 unspecified atom stereocenters. The van der Waals surface area contributed by atoms with Gasteiger partial charge in [-0.1, -0.05) is 0 Å². The topological polar surface area (TPSA) is 84.2 Å². The molecule has 104 valence electrons. The first-order valence-electron chi connectivity index (χ1n) is 5.38. The highest BCUT2D eigenvalue weighted by molar-refractivity contribution is 9.13. The van der Waals surface area contributed by atoms with Crippen molar-refractivity contribution < 1.29 is 9.59 Å². The maximum absolute atomic E-state index is 12.0. The number of amides is 3. The van der Waals surface area contributed by atoms with Crippen molar-refractivity contribution in [2.24, 2.45) is 5.73 Å². The summed E-state index contributed by atoms with van der Waals surface area (Å²) >= 11 is 8.01. The van der Waals surface area contributed by atoms with E-state index in [0.717, 1.165) is 8.26 Å². The minimum absolute atomic E-state index is 0.197. The molecule has 1 aromatic carbocycles. The van der Waals surface area contributed by atoms with Crippen LogP contribution in [0.25, 0.3) is 0 Å². The summed E-state index contributed by atoms with van der Waals surface area (Å²) in [5, 5.41) is 5.21. The molecule has 0 spiro atoms. The van der Waals surface area contributed by atoms with Gasteiger partial charge in [-0.05, 0) is 62.2 Å². The summed E-state index contributed by atoms with van der Waals surface area (Å²) in [5.74, 6) is -0.197. The van der Waals surface area contributed by atoms with Crippen LogP contribution < -0.4 is 16.4 Å². The molecule has 0 atom stereocenters. The number of nitrogens with two attached hydrogens (primary N) is 1. The molecule has 0 saturated carbocycles. The van der Waals surface area contributed by atoms with E-state index in [1.165, 1.54) is 11.3 Å². The van der Waals surface area contributed by atoms with Crippen LogP contribution in [-0.2, 0) is 0 Å². The minimum Gasteiger partial charge on any atom is -0.351 e. The molecular formula is C12H9Br2N3O2S. The van der Waals surface area contributed by atoms with Crippen molar-refractivity contribution in [1.29, 1.82) is 0 Å². The standard InChI is InChI=1S/C12H9Br2N3O2S/c13-8-5-9(20-10(8)14)11(18)16-6-1-3-7(4-2-6)17-12(15)19/h1-5H,(H,16,18)(H3,15,17,19). The largest absolute Gasteiger partial charge is 0.351 e. The number of anilines is 2. The zero-order valence-electron chi connectivity index (χ0n) is 9.94. The lowest BCUT2D eigenvalue weighted by molar-refractivity contribution is 0.103. The summed E-state index contributed by atoms with van der Waals surface area (Å²) in [5.41, 5.74) is 6.21. The second kappa shape index (κ2) is 6.38. The van der Waals surface area contributed by atoms with Crippen molar-refractivity contribution in [3.05, 3.63) is 43.5 Å². The Morgan fingerprint density at radius 1 is 1.05 bits per heavy atom. The number of hydrogen-bond acceptors (Lipinski definition) is 3. The molecule has 20 heavy (non-hydrogen) atoms. The van der Waals surface area contributed by atoms with E-state index in [4.69, 9.17) is 5.73 Å². The van der Waals surface area contributed by atoms with E-state index in [2.05, 4.69) is 42.5 Å². The quantitative estimate of drug-likeness (QED) is 0.703. The highest BCUT2D eigenvalue weighted by Crippen LogP contribution is 2.32. The Bertz CT molecular complexity index is 636. The van der Waals surface area contributed by atoms with E-state index in [0.29, 0.717) is 16.3 Å². The Balaban J connectivity index is 2.06. The van der Waals surface area contributed by atoms with Crippen molar-refractivity contribution in [3.63, 3.8) is 0 Å². The van der Waals surface area contributed by atoms with Gasteiger partial charge in [0.1, 0.15) is 0 Å². The third-order valence-corrected chi connectivity index (χ3v) is 5.53. The predicted molar refractivity (Wildman–Crippen MR) is 87.3 cm³/mol. The number of benzene rings is 1. The summed E-state index contributed by atoms with van der Waals surface area (Å²) in [7, 11) is 0. The molecule has 4 N–H and O–H groups in total. The van der Waals surface area contributed by atoms with Gasteiger partial charge in [-0.25, -0.2) is 4.79 Å². The fourth-order valence-electron chi connectivity index (χ4n) is 1.43. The summed E-state index contributed by atoms with van der Waals surface area (Å²) in [4.78, 5) is 23.3. The molecule has 0 aliphatic heterocycles. The van der Waals surface area contributed by atoms with E-state index in [9.17, 15) is 9.59 Å². The Morgan fingerprint density at radius 2 is 1.60 bits per heavy atom. The number of thiophene rings is 1. The first-order valence-corrected chi connectivity index (χ1v) is 7.78. The van der Waals surface area contributed by atoms with Crippen molar-refractivity contribution in [2.45, 2.75) is 0 Å². The van der Waals surface area contributed by atoms with E-state index in [1.54, 1.807) is 30.3 Å². The first kappa shape index (κ1) is 15.0. The van der Waals surface area contributed by atoms with Gasteiger partial charge in [0.15, 0.2) is 0 Å². The smallest absolute Gasteiger partial charge is 0.316 e. The van der Waals surface area contributed by atoms with Crippen molar-refractivity contribution in [2.75, 3.05) is 10.6 Å². The third-order valence-electron chi connectivity index (χ3n) is 2.28. The van der Waals surface area contributed by atoms with Gasteiger partial charge in [0.2, 0.25) is 0 Å². The fraction of sp³-hybridized carbons (Fsp3) is 0.